The van der Waals surface area contributed by atoms with Gasteiger partial charge in [0.15, 0.2) is 5.96 Å². The maximum absolute atomic E-state index is 12.2. The van der Waals surface area contributed by atoms with Gasteiger partial charge in [-0.3, -0.25) is 9.79 Å². The molecule has 152 valence electrons. The lowest BCUT2D eigenvalue weighted by atomic mass is 10.2. The Morgan fingerprint density at radius 3 is 2.79 bits per heavy atom. The number of guanidine groups is 1. The summed E-state index contributed by atoms with van der Waals surface area (Å²) in [6.45, 7) is 2.94. The van der Waals surface area contributed by atoms with Crippen LogP contribution in [0.25, 0.3) is 0 Å². The van der Waals surface area contributed by atoms with Crippen LogP contribution in [0.3, 0.4) is 0 Å². The monoisotopic (exact) mass is 497 g/mol. The van der Waals surface area contributed by atoms with Gasteiger partial charge in [-0.15, -0.1) is 24.0 Å². The van der Waals surface area contributed by atoms with Gasteiger partial charge in [-0.05, 0) is 42.7 Å². The second-order valence-corrected chi connectivity index (χ2v) is 6.46. The van der Waals surface area contributed by atoms with Crippen LogP contribution in [0.15, 0.2) is 53.8 Å². The molecule has 1 fully saturated rings. The minimum absolute atomic E-state index is 0. The number of anilines is 1. The molecule has 0 aliphatic carbocycles. The van der Waals surface area contributed by atoms with Gasteiger partial charge in [-0.2, -0.15) is 0 Å². The number of hydrogen-bond donors (Lipinski definition) is 3. The summed E-state index contributed by atoms with van der Waals surface area (Å²) in [7, 11) is 1.75. The summed E-state index contributed by atoms with van der Waals surface area (Å²) >= 11 is 0. The van der Waals surface area contributed by atoms with Crippen LogP contribution in [-0.4, -0.2) is 42.7 Å². The van der Waals surface area contributed by atoms with Crippen molar-refractivity contribution in [3.63, 3.8) is 0 Å². The largest absolute Gasteiger partial charge is 0.368 e. The quantitative estimate of drug-likeness (QED) is 0.312. The molecule has 1 atom stereocenters. The summed E-state index contributed by atoms with van der Waals surface area (Å²) in [5.74, 6) is 0.677. The van der Waals surface area contributed by atoms with Crippen molar-refractivity contribution in [2.45, 2.75) is 32.0 Å². The average molecular weight is 497 g/mol. The Morgan fingerprint density at radius 1 is 1.25 bits per heavy atom. The Balaban J connectivity index is 0.00000280. The SMILES string of the molecule is CN=C(NCCn1cccc1)NCc1cccc(NC(=O)C2CCCO2)c1.I. The molecule has 1 aliphatic rings. The fourth-order valence-electron chi connectivity index (χ4n) is 3.00. The third-order valence-corrected chi connectivity index (χ3v) is 4.43. The molecule has 7 nitrogen and oxygen atoms in total. The molecule has 28 heavy (non-hydrogen) atoms. The maximum atomic E-state index is 12.2. The van der Waals surface area contributed by atoms with Gasteiger partial charge >= 0.3 is 0 Å². The predicted molar refractivity (Wildman–Crippen MR) is 122 cm³/mol. The molecule has 2 heterocycles. The first-order chi connectivity index (χ1) is 13.2. The number of hydrogen-bond acceptors (Lipinski definition) is 3. The van der Waals surface area contributed by atoms with Gasteiger partial charge in [0, 0.05) is 51.4 Å². The van der Waals surface area contributed by atoms with Gasteiger partial charge in [-0.1, -0.05) is 12.1 Å². The molecule has 0 spiro atoms. The number of ether oxygens (including phenoxy) is 1. The van der Waals surface area contributed by atoms with Gasteiger partial charge in [0.05, 0.1) is 0 Å². The molecular formula is C20H28IN5O2. The number of aromatic nitrogens is 1. The van der Waals surface area contributed by atoms with Crippen molar-refractivity contribution in [1.82, 2.24) is 15.2 Å². The molecule has 3 N–H and O–H groups in total. The fourth-order valence-corrected chi connectivity index (χ4v) is 3.00. The van der Waals surface area contributed by atoms with Crippen LogP contribution in [0.1, 0.15) is 18.4 Å². The van der Waals surface area contributed by atoms with Crippen molar-refractivity contribution in [3.05, 3.63) is 54.4 Å². The number of nitrogens with zero attached hydrogens (tertiary/aromatic N) is 2. The number of carbonyl (C=O) groups excluding carboxylic acids is 1. The number of amides is 1. The summed E-state index contributed by atoms with van der Waals surface area (Å²) in [5, 5.41) is 9.52. The minimum atomic E-state index is -0.324. The third kappa shape index (κ3) is 6.83. The smallest absolute Gasteiger partial charge is 0.253 e. The van der Waals surface area contributed by atoms with E-state index in [0.29, 0.717) is 13.2 Å². The number of carbonyl (C=O) groups is 1. The molecule has 1 aromatic heterocycles. The van der Waals surface area contributed by atoms with Gasteiger partial charge in [-0.25, -0.2) is 0 Å². The van der Waals surface area contributed by atoms with Gasteiger partial charge in [0.25, 0.3) is 5.91 Å². The van der Waals surface area contributed by atoms with E-state index in [0.717, 1.165) is 43.1 Å². The van der Waals surface area contributed by atoms with Crippen LogP contribution in [0, 0.1) is 0 Å². The highest BCUT2D eigenvalue weighted by atomic mass is 127. The van der Waals surface area contributed by atoms with E-state index in [4.69, 9.17) is 4.74 Å². The minimum Gasteiger partial charge on any atom is -0.368 e. The standard InChI is InChI=1S/C20H27N5O2.HI/c1-21-20(22-9-12-25-10-2-3-11-25)23-15-16-6-4-7-17(14-16)24-19(26)18-8-5-13-27-18;/h2-4,6-7,10-11,14,18H,5,8-9,12-13,15H2,1H3,(H,24,26)(H2,21,22,23);1H. The highest BCUT2D eigenvalue weighted by Crippen LogP contribution is 2.16. The highest BCUT2D eigenvalue weighted by Gasteiger charge is 2.23. The van der Waals surface area contributed by atoms with E-state index in [2.05, 4.69) is 25.5 Å². The first-order valence-corrected chi connectivity index (χ1v) is 9.31. The molecule has 2 aromatic rings. The van der Waals surface area contributed by atoms with Crippen LogP contribution in [0.2, 0.25) is 0 Å². The molecule has 1 aliphatic heterocycles. The van der Waals surface area contributed by atoms with Gasteiger partial charge in [0.2, 0.25) is 0 Å². The molecule has 0 saturated carbocycles. The lowest BCUT2D eigenvalue weighted by Crippen LogP contribution is -2.38. The normalized spacial score (nSPS) is 16.3. The zero-order valence-corrected chi connectivity index (χ0v) is 18.4. The van der Waals surface area contributed by atoms with Crippen LogP contribution < -0.4 is 16.0 Å². The van der Waals surface area contributed by atoms with Crippen molar-refractivity contribution in [1.29, 1.82) is 0 Å². The zero-order valence-electron chi connectivity index (χ0n) is 16.1. The zero-order chi connectivity index (χ0) is 18.9. The van der Waals surface area contributed by atoms with Crippen LogP contribution in [-0.2, 0) is 22.6 Å². The Hall–Kier alpha value is -2.07. The number of benzene rings is 1. The number of aliphatic imine (C=N–C) groups is 1. The van der Waals surface area contributed by atoms with E-state index in [9.17, 15) is 4.79 Å². The molecule has 1 saturated heterocycles. The molecular weight excluding hydrogens is 469 g/mol. The summed E-state index contributed by atoms with van der Waals surface area (Å²) < 4.78 is 7.54. The van der Waals surface area contributed by atoms with Crippen molar-refractivity contribution in [2.75, 3.05) is 25.5 Å². The second kappa shape index (κ2) is 11.7. The molecule has 0 bridgehead atoms. The second-order valence-electron chi connectivity index (χ2n) is 6.46. The van der Waals surface area contributed by atoms with Crippen LogP contribution in [0.4, 0.5) is 5.69 Å². The summed E-state index contributed by atoms with van der Waals surface area (Å²) in [6.07, 6.45) is 5.48. The van der Waals surface area contributed by atoms with Crippen LogP contribution >= 0.6 is 24.0 Å². The van der Waals surface area contributed by atoms with Crippen molar-refractivity contribution >= 4 is 41.5 Å². The van der Waals surface area contributed by atoms with Crippen molar-refractivity contribution in [3.8, 4) is 0 Å². The van der Waals surface area contributed by atoms with E-state index >= 15 is 0 Å². The Kier molecular flexibility index (Phi) is 9.29. The fraction of sp³-hybridized carbons (Fsp3) is 0.400. The number of rotatable bonds is 7. The lowest BCUT2D eigenvalue weighted by Gasteiger charge is -2.14. The molecule has 1 unspecified atom stereocenters. The van der Waals surface area contributed by atoms with E-state index in [1.54, 1.807) is 7.05 Å². The van der Waals surface area contributed by atoms with Crippen molar-refractivity contribution in [2.24, 2.45) is 4.99 Å². The van der Waals surface area contributed by atoms with E-state index < -0.39 is 0 Å². The highest BCUT2D eigenvalue weighted by molar-refractivity contribution is 14.0. The van der Waals surface area contributed by atoms with Crippen LogP contribution in [0.5, 0.6) is 0 Å². The van der Waals surface area contributed by atoms with Gasteiger partial charge in [0.1, 0.15) is 6.10 Å². The van der Waals surface area contributed by atoms with Gasteiger partial charge < -0.3 is 25.3 Å². The molecule has 8 heteroatoms. The molecule has 1 amide bonds. The third-order valence-electron chi connectivity index (χ3n) is 4.43. The Bertz CT molecular complexity index is 758. The van der Waals surface area contributed by atoms with E-state index in [1.807, 2.05) is 48.8 Å². The first-order valence-electron chi connectivity index (χ1n) is 9.31. The lowest BCUT2D eigenvalue weighted by molar-refractivity contribution is -0.124. The predicted octanol–water partition coefficient (Wildman–Crippen LogP) is 2.59. The Morgan fingerprint density at radius 2 is 2.07 bits per heavy atom. The first kappa shape index (κ1) is 22.2. The van der Waals surface area contributed by atoms with E-state index in [1.165, 1.54) is 0 Å². The van der Waals surface area contributed by atoms with Crippen molar-refractivity contribution < 1.29 is 9.53 Å². The number of nitrogens with one attached hydrogen (secondary N) is 3. The summed E-state index contributed by atoms with van der Waals surface area (Å²) in [4.78, 5) is 16.4. The summed E-state index contributed by atoms with van der Waals surface area (Å²) in [5.41, 5.74) is 1.85. The van der Waals surface area contributed by atoms with E-state index in [-0.39, 0.29) is 36.0 Å². The molecule has 1 aromatic carbocycles. The summed E-state index contributed by atoms with van der Waals surface area (Å²) in [6, 6.07) is 11.8. The maximum Gasteiger partial charge on any atom is 0.253 e. The Labute approximate surface area is 183 Å². The molecule has 3 rings (SSSR count). The topological polar surface area (TPSA) is 79.7 Å². The molecule has 0 radical (unpaired) electrons. The average Bonchev–Trinajstić information content (AvgIpc) is 3.38. The number of halogens is 1.